The van der Waals surface area contributed by atoms with Gasteiger partial charge >= 0.3 is 5.69 Å². The van der Waals surface area contributed by atoms with Crippen LogP contribution in [0.1, 0.15) is 19.8 Å². The van der Waals surface area contributed by atoms with Crippen molar-refractivity contribution in [1.82, 2.24) is 5.32 Å². The number of hydrogen-bond donors (Lipinski definition) is 1. The number of rotatable bonds is 6. The normalized spacial score (nSPS) is 17.1. The van der Waals surface area contributed by atoms with Crippen LogP contribution in [-0.2, 0) is 0 Å². The quantitative estimate of drug-likeness (QED) is 0.636. The minimum atomic E-state index is -0.927. The smallest absolute Gasteiger partial charge is 0.313 e. The fraction of sp³-hybridized carbons (Fsp3) is 0.462. The Labute approximate surface area is 115 Å². The van der Waals surface area contributed by atoms with Crippen molar-refractivity contribution < 1.29 is 14.1 Å². The van der Waals surface area contributed by atoms with E-state index in [9.17, 15) is 19.8 Å². The van der Waals surface area contributed by atoms with Crippen LogP contribution in [0.5, 0.6) is 5.75 Å². The summed E-state index contributed by atoms with van der Waals surface area (Å²) in [6.07, 6.45) is 2.02. The summed E-state index contributed by atoms with van der Waals surface area (Å²) in [6, 6.07) is 5.48. The Bertz CT molecular complexity index is 568. The summed E-state index contributed by atoms with van der Waals surface area (Å²) in [5.74, 6) is -0.751. The monoisotopic (exact) mass is 279 g/mol. The molecule has 1 fully saturated rings. The molecule has 106 valence electrons. The predicted octanol–water partition coefficient (Wildman–Crippen LogP) is 2.15. The van der Waals surface area contributed by atoms with Crippen molar-refractivity contribution in [2.75, 3.05) is 6.61 Å². The molecule has 0 amide bonds. The van der Waals surface area contributed by atoms with E-state index < -0.39 is 22.0 Å². The van der Waals surface area contributed by atoms with Gasteiger partial charge in [0.2, 0.25) is 0 Å². The topological polar surface area (TPSA) is 88.2 Å². The van der Waals surface area contributed by atoms with E-state index >= 15 is 0 Å². The second kappa shape index (κ2) is 5.43. The fourth-order valence-electron chi connectivity index (χ4n) is 1.76. The van der Waals surface area contributed by atoms with Gasteiger partial charge < -0.3 is 4.74 Å². The van der Waals surface area contributed by atoms with E-state index in [1.165, 1.54) is 6.07 Å². The zero-order valence-electron chi connectivity index (χ0n) is 10.9. The molecule has 1 saturated carbocycles. The Morgan fingerprint density at radius 1 is 1.65 bits per heavy atom. The summed E-state index contributed by atoms with van der Waals surface area (Å²) in [7, 11) is 0. The molecule has 2 rings (SSSR count). The molecule has 0 aliphatic heterocycles. The van der Waals surface area contributed by atoms with E-state index in [2.05, 4.69) is 11.4 Å². The van der Waals surface area contributed by atoms with Crippen LogP contribution < -0.4 is 10.1 Å². The zero-order valence-corrected chi connectivity index (χ0v) is 10.9. The maximum atomic E-state index is 13.0. The first-order valence-corrected chi connectivity index (χ1v) is 6.19. The number of nitrogens with one attached hydrogen (secondary N) is 1. The molecule has 0 bridgehead atoms. The van der Waals surface area contributed by atoms with Gasteiger partial charge in [-0.05, 0) is 31.9 Å². The van der Waals surface area contributed by atoms with Gasteiger partial charge in [-0.1, -0.05) is 0 Å². The van der Waals surface area contributed by atoms with Gasteiger partial charge in [0.1, 0.15) is 18.0 Å². The lowest BCUT2D eigenvalue weighted by atomic mass is 10.1. The zero-order chi connectivity index (χ0) is 14.8. The van der Waals surface area contributed by atoms with Gasteiger partial charge in [0, 0.05) is 6.04 Å². The van der Waals surface area contributed by atoms with E-state index in [1.54, 1.807) is 6.92 Å². The van der Waals surface area contributed by atoms with Gasteiger partial charge in [0.05, 0.1) is 17.1 Å². The first kappa shape index (κ1) is 14.2. The average molecular weight is 279 g/mol. The number of nitro groups is 1. The summed E-state index contributed by atoms with van der Waals surface area (Å²) in [4.78, 5) is 10.1. The second-order valence-electron chi connectivity index (χ2n) is 5.02. The molecule has 0 saturated heterocycles. The third kappa shape index (κ3) is 3.42. The van der Waals surface area contributed by atoms with Crippen LogP contribution in [0.25, 0.3) is 0 Å². The molecule has 1 aromatic rings. The van der Waals surface area contributed by atoms with Crippen molar-refractivity contribution in [1.29, 1.82) is 5.26 Å². The third-order valence-corrected chi connectivity index (χ3v) is 2.98. The molecule has 7 heteroatoms. The molecule has 6 nitrogen and oxygen atoms in total. The number of hydrogen-bond acceptors (Lipinski definition) is 5. The molecule has 0 radical (unpaired) electrons. The predicted molar refractivity (Wildman–Crippen MR) is 68.7 cm³/mol. The van der Waals surface area contributed by atoms with Crippen LogP contribution in [0.4, 0.5) is 10.1 Å². The van der Waals surface area contributed by atoms with Crippen LogP contribution in [0.15, 0.2) is 18.2 Å². The lowest BCUT2D eigenvalue weighted by Crippen LogP contribution is -2.47. The Balaban J connectivity index is 2.09. The Morgan fingerprint density at radius 3 is 2.90 bits per heavy atom. The maximum absolute atomic E-state index is 13.0. The van der Waals surface area contributed by atoms with Crippen LogP contribution in [-0.4, -0.2) is 23.1 Å². The number of benzene rings is 1. The molecule has 1 atom stereocenters. The number of nitrogens with zero attached hydrogens (tertiary/aromatic N) is 2. The highest BCUT2D eigenvalue weighted by Crippen LogP contribution is 2.29. The van der Waals surface area contributed by atoms with Crippen molar-refractivity contribution in [2.24, 2.45) is 0 Å². The lowest BCUT2D eigenvalue weighted by molar-refractivity contribution is -0.386. The average Bonchev–Trinajstić information content (AvgIpc) is 3.21. The van der Waals surface area contributed by atoms with Gasteiger partial charge in [-0.15, -0.1) is 0 Å². The lowest BCUT2D eigenvalue weighted by Gasteiger charge is -2.23. The standard InChI is InChI=1S/C13H14FN3O3/c1-13(7-15,16-10-3-4-10)8-20-12-5-2-9(14)6-11(12)17(18)19/h2,5-6,10,16H,3-4,8H2,1H3. The first-order chi connectivity index (χ1) is 9.43. The molecule has 0 aromatic heterocycles. The van der Waals surface area contributed by atoms with Crippen LogP contribution >= 0.6 is 0 Å². The molecular formula is C13H14FN3O3. The Morgan fingerprint density at radius 2 is 2.35 bits per heavy atom. The summed E-state index contributed by atoms with van der Waals surface area (Å²) in [5.41, 5.74) is -1.37. The minimum absolute atomic E-state index is 0.0459. The Kier molecular flexibility index (Phi) is 3.86. The summed E-state index contributed by atoms with van der Waals surface area (Å²) in [5, 5.41) is 23.1. The molecule has 1 aliphatic carbocycles. The number of nitriles is 1. The third-order valence-electron chi connectivity index (χ3n) is 2.98. The summed E-state index contributed by atoms with van der Waals surface area (Å²) >= 11 is 0. The van der Waals surface area contributed by atoms with E-state index in [1.807, 2.05) is 0 Å². The SMILES string of the molecule is CC(C#N)(COc1ccc(F)cc1[N+](=O)[O-])NC1CC1. The van der Waals surface area contributed by atoms with E-state index in [4.69, 9.17) is 4.74 Å². The van der Waals surface area contributed by atoms with Gasteiger partial charge in [-0.25, -0.2) is 4.39 Å². The van der Waals surface area contributed by atoms with Crippen molar-refractivity contribution in [3.05, 3.63) is 34.1 Å². The highest BCUT2D eigenvalue weighted by Gasteiger charge is 2.33. The second-order valence-corrected chi connectivity index (χ2v) is 5.02. The molecular weight excluding hydrogens is 265 g/mol. The van der Waals surface area contributed by atoms with Crippen LogP contribution in [0, 0.1) is 27.3 Å². The number of nitro benzene ring substituents is 1. The summed E-state index contributed by atoms with van der Waals surface area (Å²) in [6.45, 7) is 1.62. The van der Waals surface area contributed by atoms with Gasteiger partial charge in [-0.3, -0.25) is 15.4 Å². The number of halogens is 1. The van der Waals surface area contributed by atoms with Crippen molar-refractivity contribution >= 4 is 5.69 Å². The molecule has 0 heterocycles. The molecule has 1 aliphatic rings. The molecule has 1 unspecified atom stereocenters. The maximum Gasteiger partial charge on any atom is 0.313 e. The summed E-state index contributed by atoms with van der Waals surface area (Å²) < 4.78 is 18.3. The molecule has 20 heavy (non-hydrogen) atoms. The highest BCUT2D eigenvalue weighted by atomic mass is 19.1. The number of ether oxygens (including phenoxy) is 1. The van der Waals surface area contributed by atoms with E-state index in [0.29, 0.717) is 6.04 Å². The van der Waals surface area contributed by atoms with Crippen molar-refractivity contribution in [3.8, 4) is 11.8 Å². The van der Waals surface area contributed by atoms with Crippen LogP contribution in [0.2, 0.25) is 0 Å². The highest BCUT2D eigenvalue weighted by molar-refractivity contribution is 5.46. The van der Waals surface area contributed by atoms with E-state index in [-0.39, 0.29) is 12.4 Å². The van der Waals surface area contributed by atoms with Gasteiger partial charge in [-0.2, -0.15) is 5.26 Å². The fourth-order valence-corrected chi connectivity index (χ4v) is 1.76. The first-order valence-electron chi connectivity index (χ1n) is 6.19. The van der Waals surface area contributed by atoms with E-state index in [0.717, 1.165) is 25.0 Å². The van der Waals surface area contributed by atoms with Crippen molar-refractivity contribution in [2.45, 2.75) is 31.3 Å². The van der Waals surface area contributed by atoms with Gasteiger partial charge in [0.25, 0.3) is 0 Å². The Hall–Kier alpha value is -2.20. The van der Waals surface area contributed by atoms with Gasteiger partial charge in [0.15, 0.2) is 5.75 Å². The van der Waals surface area contributed by atoms with Crippen LogP contribution in [0.3, 0.4) is 0 Å². The minimum Gasteiger partial charge on any atom is -0.484 e. The largest absolute Gasteiger partial charge is 0.484 e. The molecule has 1 aromatic carbocycles. The molecule has 1 N–H and O–H groups in total. The molecule has 0 spiro atoms. The van der Waals surface area contributed by atoms with Crippen molar-refractivity contribution in [3.63, 3.8) is 0 Å².